The van der Waals surface area contributed by atoms with Crippen molar-refractivity contribution in [3.63, 3.8) is 0 Å². The van der Waals surface area contributed by atoms with Crippen LogP contribution >= 0.6 is 11.3 Å². The fourth-order valence-corrected chi connectivity index (χ4v) is 4.76. The molecule has 0 spiro atoms. The fourth-order valence-electron chi connectivity index (χ4n) is 3.69. The van der Waals surface area contributed by atoms with Crippen LogP contribution in [0.15, 0.2) is 60.9 Å². The van der Waals surface area contributed by atoms with Gasteiger partial charge >= 0.3 is 0 Å². The van der Waals surface area contributed by atoms with Gasteiger partial charge in [-0.05, 0) is 29.3 Å². The van der Waals surface area contributed by atoms with Crippen molar-refractivity contribution in [1.82, 2.24) is 20.2 Å². The standard InChI is InChI=1S/C23H23N5OS/c29-20-4-2-1-3-18(20)27-23-22-19(25-15-26-23)13-21(30-22)17-7-5-16(6-8-17)14-28-11-9-24-10-12-28/h1-8,13,15,24,29H,9-12,14H2,(H,25,26,27). The number of aromatic nitrogens is 2. The van der Waals surface area contributed by atoms with Crippen molar-refractivity contribution in [3.05, 3.63) is 66.5 Å². The van der Waals surface area contributed by atoms with E-state index in [2.05, 4.69) is 55.8 Å². The second-order valence-electron chi connectivity index (χ2n) is 7.41. The van der Waals surface area contributed by atoms with E-state index in [9.17, 15) is 5.11 Å². The number of nitrogens with zero attached hydrogens (tertiary/aromatic N) is 3. The number of thiophene rings is 1. The fraction of sp³-hybridized carbons (Fsp3) is 0.217. The number of hydrogen-bond acceptors (Lipinski definition) is 7. The molecule has 5 rings (SSSR count). The molecule has 1 aliphatic rings. The third-order valence-corrected chi connectivity index (χ3v) is 6.50. The lowest BCUT2D eigenvalue weighted by atomic mass is 10.1. The van der Waals surface area contributed by atoms with Crippen molar-refractivity contribution < 1.29 is 5.11 Å². The van der Waals surface area contributed by atoms with Gasteiger partial charge in [-0.2, -0.15) is 0 Å². The van der Waals surface area contributed by atoms with E-state index in [1.165, 1.54) is 11.1 Å². The monoisotopic (exact) mass is 417 g/mol. The van der Waals surface area contributed by atoms with E-state index >= 15 is 0 Å². The molecule has 1 saturated heterocycles. The van der Waals surface area contributed by atoms with E-state index in [0.717, 1.165) is 47.8 Å². The number of rotatable bonds is 5. The van der Waals surface area contributed by atoms with Crippen LogP contribution in [0.4, 0.5) is 11.5 Å². The highest BCUT2D eigenvalue weighted by atomic mass is 32.1. The lowest BCUT2D eigenvalue weighted by molar-refractivity contribution is 0.233. The smallest absolute Gasteiger partial charge is 0.151 e. The van der Waals surface area contributed by atoms with Crippen molar-refractivity contribution in [1.29, 1.82) is 0 Å². The van der Waals surface area contributed by atoms with Gasteiger partial charge in [0.25, 0.3) is 0 Å². The second-order valence-corrected chi connectivity index (χ2v) is 8.46. The summed E-state index contributed by atoms with van der Waals surface area (Å²) in [7, 11) is 0. The second kappa shape index (κ2) is 8.39. The van der Waals surface area contributed by atoms with Crippen LogP contribution < -0.4 is 10.6 Å². The SMILES string of the molecule is Oc1ccccc1Nc1ncnc2cc(-c3ccc(CN4CCNCC4)cc3)sc12. The van der Waals surface area contributed by atoms with Crippen molar-refractivity contribution in [2.75, 3.05) is 31.5 Å². The molecule has 7 heteroatoms. The molecule has 0 atom stereocenters. The lowest BCUT2D eigenvalue weighted by Gasteiger charge is -2.27. The molecular formula is C23H23N5OS. The van der Waals surface area contributed by atoms with Gasteiger partial charge in [0.05, 0.1) is 15.9 Å². The minimum Gasteiger partial charge on any atom is -0.506 e. The lowest BCUT2D eigenvalue weighted by Crippen LogP contribution is -2.42. The predicted molar refractivity (Wildman–Crippen MR) is 122 cm³/mol. The first-order valence-corrected chi connectivity index (χ1v) is 10.9. The van der Waals surface area contributed by atoms with E-state index in [0.29, 0.717) is 11.5 Å². The Bertz CT molecular complexity index is 1150. The maximum Gasteiger partial charge on any atom is 0.151 e. The summed E-state index contributed by atoms with van der Waals surface area (Å²) in [4.78, 5) is 12.5. The molecular weight excluding hydrogens is 394 g/mol. The first-order valence-electron chi connectivity index (χ1n) is 10.1. The molecule has 0 unspecified atom stereocenters. The Labute approximate surface area is 179 Å². The van der Waals surface area contributed by atoms with Gasteiger partial charge in [-0.3, -0.25) is 4.90 Å². The zero-order valence-corrected chi connectivity index (χ0v) is 17.3. The maximum atomic E-state index is 10.1. The van der Waals surface area contributed by atoms with E-state index in [1.807, 2.05) is 12.1 Å². The highest BCUT2D eigenvalue weighted by Crippen LogP contribution is 2.37. The number of benzene rings is 2. The molecule has 1 aliphatic heterocycles. The highest BCUT2D eigenvalue weighted by Gasteiger charge is 2.13. The third kappa shape index (κ3) is 4.00. The molecule has 152 valence electrons. The minimum absolute atomic E-state index is 0.195. The van der Waals surface area contributed by atoms with Crippen LogP contribution in [-0.2, 0) is 6.54 Å². The first kappa shape index (κ1) is 19.0. The minimum atomic E-state index is 0.195. The quantitative estimate of drug-likeness (QED) is 0.423. The molecule has 2 aromatic carbocycles. The largest absolute Gasteiger partial charge is 0.506 e. The molecule has 0 amide bonds. The van der Waals surface area contributed by atoms with Gasteiger partial charge in [0.1, 0.15) is 12.1 Å². The molecule has 0 aliphatic carbocycles. The molecule has 0 radical (unpaired) electrons. The molecule has 2 aromatic heterocycles. The number of para-hydroxylation sites is 2. The molecule has 0 saturated carbocycles. The summed E-state index contributed by atoms with van der Waals surface area (Å²) in [6.45, 7) is 5.33. The summed E-state index contributed by atoms with van der Waals surface area (Å²) in [5.74, 6) is 0.897. The summed E-state index contributed by atoms with van der Waals surface area (Å²) in [6.07, 6.45) is 1.55. The average molecular weight is 418 g/mol. The van der Waals surface area contributed by atoms with Crippen molar-refractivity contribution >= 4 is 33.1 Å². The van der Waals surface area contributed by atoms with E-state index in [4.69, 9.17) is 0 Å². The van der Waals surface area contributed by atoms with Crippen LogP contribution in [0, 0.1) is 0 Å². The Hall–Kier alpha value is -3.00. The Balaban J connectivity index is 1.39. The van der Waals surface area contributed by atoms with Crippen molar-refractivity contribution in [2.24, 2.45) is 0 Å². The Morgan fingerprint density at radius 2 is 1.83 bits per heavy atom. The van der Waals surface area contributed by atoms with Gasteiger partial charge in [0, 0.05) is 37.6 Å². The number of aromatic hydroxyl groups is 1. The Morgan fingerprint density at radius 3 is 2.63 bits per heavy atom. The zero-order valence-electron chi connectivity index (χ0n) is 16.5. The number of phenolic OH excluding ortho intramolecular Hbond substituents is 1. The first-order chi connectivity index (χ1) is 14.8. The molecule has 30 heavy (non-hydrogen) atoms. The number of phenols is 1. The molecule has 6 nitrogen and oxygen atoms in total. The van der Waals surface area contributed by atoms with Gasteiger partial charge in [0.15, 0.2) is 5.82 Å². The van der Waals surface area contributed by atoms with Crippen LogP contribution in [0.3, 0.4) is 0 Å². The number of nitrogens with one attached hydrogen (secondary N) is 2. The summed E-state index contributed by atoms with van der Waals surface area (Å²) < 4.78 is 0.973. The van der Waals surface area contributed by atoms with Gasteiger partial charge in [-0.15, -0.1) is 11.3 Å². The predicted octanol–water partition coefficient (Wildman–Crippen LogP) is 4.21. The molecule has 1 fully saturated rings. The van der Waals surface area contributed by atoms with E-state index in [1.54, 1.807) is 29.8 Å². The topological polar surface area (TPSA) is 73.3 Å². The van der Waals surface area contributed by atoms with E-state index in [-0.39, 0.29) is 5.75 Å². The van der Waals surface area contributed by atoms with Gasteiger partial charge in [-0.1, -0.05) is 36.4 Å². The van der Waals surface area contributed by atoms with Gasteiger partial charge < -0.3 is 15.7 Å². The number of piperazine rings is 1. The van der Waals surface area contributed by atoms with Crippen LogP contribution in [0.2, 0.25) is 0 Å². The van der Waals surface area contributed by atoms with E-state index < -0.39 is 0 Å². The van der Waals surface area contributed by atoms with Crippen LogP contribution in [0.5, 0.6) is 5.75 Å². The van der Waals surface area contributed by atoms with Gasteiger partial charge in [-0.25, -0.2) is 9.97 Å². The third-order valence-electron chi connectivity index (χ3n) is 5.32. The zero-order chi connectivity index (χ0) is 20.3. The molecule has 0 bridgehead atoms. The highest BCUT2D eigenvalue weighted by molar-refractivity contribution is 7.22. The number of hydrogen-bond donors (Lipinski definition) is 3. The summed E-state index contributed by atoms with van der Waals surface area (Å²) >= 11 is 1.66. The normalized spacial score (nSPS) is 14.8. The van der Waals surface area contributed by atoms with Crippen LogP contribution in [0.25, 0.3) is 20.7 Å². The van der Waals surface area contributed by atoms with Crippen LogP contribution in [0.1, 0.15) is 5.56 Å². The maximum absolute atomic E-state index is 10.1. The average Bonchev–Trinajstić information content (AvgIpc) is 3.22. The molecule has 3 heterocycles. The number of fused-ring (bicyclic) bond motifs is 1. The summed E-state index contributed by atoms with van der Waals surface area (Å²) in [5.41, 5.74) is 4.04. The molecule has 3 N–H and O–H groups in total. The Morgan fingerprint density at radius 1 is 1.03 bits per heavy atom. The Kier molecular flexibility index (Phi) is 5.31. The summed E-state index contributed by atoms with van der Waals surface area (Å²) in [6, 6.07) is 18.1. The van der Waals surface area contributed by atoms with Crippen molar-refractivity contribution in [3.8, 4) is 16.2 Å². The number of anilines is 2. The molecule has 4 aromatic rings. The summed E-state index contributed by atoms with van der Waals surface area (Å²) in [5, 5.41) is 16.7. The van der Waals surface area contributed by atoms with Gasteiger partial charge in [0.2, 0.25) is 0 Å². The van der Waals surface area contributed by atoms with Crippen LogP contribution in [-0.4, -0.2) is 46.2 Å². The van der Waals surface area contributed by atoms with Crippen molar-refractivity contribution in [2.45, 2.75) is 6.54 Å².